The molecule has 0 aliphatic carbocycles. The summed E-state index contributed by atoms with van der Waals surface area (Å²) in [5, 5.41) is 3.02. The van der Waals surface area contributed by atoms with Gasteiger partial charge in [0.2, 0.25) is 10.0 Å². The summed E-state index contributed by atoms with van der Waals surface area (Å²) in [6.45, 7) is 6.00. The predicted octanol–water partition coefficient (Wildman–Crippen LogP) is 1.87. The maximum absolute atomic E-state index is 12.2. The van der Waals surface area contributed by atoms with Crippen LogP contribution >= 0.6 is 11.3 Å². The lowest BCUT2D eigenvalue weighted by molar-refractivity contribution is 0.136. The lowest BCUT2D eigenvalue weighted by Gasteiger charge is -2.06. The normalized spacial score (nSPS) is 11.9. The molecule has 116 valence electrons. The van der Waals surface area contributed by atoms with Crippen molar-refractivity contribution in [2.75, 3.05) is 26.8 Å². The number of unbranched alkanes of at least 4 members (excludes halogenated alkanes) is 1. The van der Waals surface area contributed by atoms with Gasteiger partial charge in [-0.2, -0.15) is 0 Å². The van der Waals surface area contributed by atoms with Crippen molar-refractivity contribution in [2.24, 2.45) is 0 Å². The molecule has 0 unspecified atom stereocenters. The van der Waals surface area contributed by atoms with Crippen molar-refractivity contribution in [3.63, 3.8) is 0 Å². The number of hydrogen-bond donors (Lipinski definition) is 2. The lowest BCUT2D eigenvalue weighted by Crippen LogP contribution is -2.27. The van der Waals surface area contributed by atoms with E-state index < -0.39 is 10.0 Å². The van der Waals surface area contributed by atoms with Gasteiger partial charge in [-0.25, -0.2) is 13.1 Å². The molecule has 1 aromatic rings. The van der Waals surface area contributed by atoms with Crippen LogP contribution in [0.25, 0.3) is 0 Å². The minimum Gasteiger partial charge on any atom is -0.380 e. The van der Waals surface area contributed by atoms with E-state index in [-0.39, 0.29) is 0 Å². The van der Waals surface area contributed by atoms with Crippen molar-refractivity contribution in [3.05, 3.63) is 15.8 Å². The molecule has 1 heterocycles. The summed E-state index contributed by atoms with van der Waals surface area (Å²) in [4.78, 5) is 2.21. The number of aryl methyl sites for hydroxylation is 1. The van der Waals surface area contributed by atoms with Crippen molar-refractivity contribution in [1.82, 2.24) is 10.0 Å². The Morgan fingerprint density at radius 2 is 2.10 bits per heavy atom. The molecule has 0 aromatic carbocycles. The molecular formula is C13H24N2O3S2. The van der Waals surface area contributed by atoms with E-state index >= 15 is 0 Å². The Bertz CT molecular complexity index is 498. The average Bonchev–Trinajstić information content (AvgIpc) is 2.76. The number of hydrogen-bond acceptors (Lipinski definition) is 5. The average molecular weight is 320 g/mol. The molecule has 0 radical (unpaired) electrons. The maximum Gasteiger partial charge on any atom is 0.241 e. The SMILES string of the molecule is CCCCOCCNS(=O)(=O)c1cc(CNC)sc1C. The van der Waals surface area contributed by atoms with Crippen molar-refractivity contribution in [3.8, 4) is 0 Å². The Morgan fingerprint density at radius 1 is 1.35 bits per heavy atom. The Hall–Kier alpha value is -0.470. The van der Waals surface area contributed by atoms with Crippen LogP contribution in [0.2, 0.25) is 0 Å². The first kappa shape index (κ1) is 17.6. The van der Waals surface area contributed by atoms with Gasteiger partial charge in [-0.1, -0.05) is 13.3 Å². The minimum atomic E-state index is -3.43. The molecule has 0 bridgehead atoms. The molecule has 0 fully saturated rings. The van der Waals surface area contributed by atoms with E-state index in [0.717, 1.165) is 22.6 Å². The minimum absolute atomic E-state index is 0.308. The summed E-state index contributed by atoms with van der Waals surface area (Å²) in [5.41, 5.74) is 0. The number of nitrogens with one attached hydrogen (secondary N) is 2. The summed E-state index contributed by atoms with van der Waals surface area (Å²) in [5.74, 6) is 0. The molecule has 1 aromatic heterocycles. The van der Waals surface area contributed by atoms with E-state index in [4.69, 9.17) is 4.74 Å². The molecule has 0 saturated carbocycles. The topological polar surface area (TPSA) is 67.4 Å². The molecule has 0 aliphatic heterocycles. The number of rotatable bonds is 10. The van der Waals surface area contributed by atoms with Crippen LogP contribution in [0, 0.1) is 6.92 Å². The highest BCUT2D eigenvalue weighted by atomic mass is 32.2. The third kappa shape index (κ3) is 5.49. The first-order valence-corrected chi connectivity index (χ1v) is 9.12. The van der Waals surface area contributed by atoms with Crippen LogP contribution in [0.1, 0.15) is 29.5 Å². The second-order valence-electron chi connectivity index (χ2n) is 4.53. The summed E-state index contributed by atoms with van der Waals surface area (Å²) >= 11 is 1.50. The van der Waals surface area contributed by atoms with Gasteiger partial charge in [-0.15, -0.1) is 11.3 Å². The largest absolute Gasteiger partial charge is 0.380 e. The van der Waals surface area contributed by atoms with Crippen molar-refractivity contribution in [1.29, 1.82) is 0 Å². The van der Waals surface area contributed by atoms with Gasteiger partial charge < -0.3 is 10.1 Å². The molecule has 2 N–H and O–H groups in total. The second-order valence-corrected chi connectivity index (χ2v) is 7.60. The fraction of sp³-hybridized carbons (Fsp3) is 0.692. The quantitative estimate of drug-likeness (QED) is 0.646. The third-order valence-electron chi connectivity index (χ3n) is 2.74. The Labute approximate surface area is 125 Å². The van der Waals surface area contributed by atoms with Gasteiger partial charge >= 0.3 is 0 Å². The van der Waals surface area contributed by atoms with E-state index in [1.807, 2.05) is 14.0 Å². The van der Waals surface area contributed by atoms with Crippen LogP contribution in [0.5, 0.6) is 0 Å². The van der Waals surface area contributed by atoms with Crippen LogP contribution in [-0.4, -0.2) is 35.2 Å². The first-order chi connectivity index (χ1) is 9.51. The molecule has 0 amide bonds. The van der Waals surface area contributed by atoms with Crippen LogP contribution in [0.3, 0.4) is 0 Å². The van der Waals surface area contributed by atoms with Crippen LogP contribution < -0.4 is 10.0 Å². The molecule has 7 heteroatoms. The maximum atomic E-state index is 12.2. The smallest absolute Gasteiger partial charge is 0.241 e. The molecule has 1 rings (SSSR count). The van der Waals surface area contributed by atoms with E-state index in [1.54, 1.807) is 6.07 Å². The van der Waals surface area contributed by atoms with E-state index in [9.17, 15) is 8.42 Å². The Balaban J connectivity index is 2.51. The van der Waals surface area contributed by atoms with E-state index in [1.165, 1.54) is 11.3 Å². The van der Waals surface area contributed by atoms with Gasteiger partial charge in [0.15, 0.2) is 0 Å². The summed E-state index contributed by atoms with van der Waals surface area (Å²) in [6, 6.07) is 1.73. The summed E-state index contributed by atoms with van der Waals surface area (Å²) in [6.07, 6.45) is 2.08. The fourth-order valence-electron chi connectivity index (χ4n) is 1.73. The Kier molecular flexibility index (Phi) is 7.68. The van der Waals surface area contributed by atoms with Gasteiger partial charge in [-0.05, 0) is 26.5 Å². The van der Waals surface area contributed by atoms with Crippen LogP contribution in [-0.2, 0) is 21.3 Å². The monoisotopic (exact) mass is 320 g/mol. The van der Waals surface area contributed by atoms with Gasteiger partial charge in [0.1, 0.15) is 0 Å². The summed E-state index contributed by atoms with van der Waals surface area (Å²) < 4.78 is 32.3. The predicted molar refractivity (Wildman–Crippen MR) is 82.7 cm³/mol. The molecule has 0 saturated heterocycles. The zero-order valence-electron chi connectivity index (χ0n) is 12.4. The van der Waals surface area contributed by atoms with Crippen LogP contribution in [0.15, 0.2) is 11.0 Å². The second kappa shape index (κ2) is 8.74. The zero-order valence-corrected chi connectivity index (χ0v) is 14.0. The molecule has 0 atom stereocenters. The highest BCUT2D eigenvalue weighted by molar-refractivity contribution is 7.89. The number of thiophene rings is 1. The molecule has 0 spiro atoms. The summed E-state index contributed by atoms with van der Waals surface area (Å²) in [7, 11) is -1.59. The first-order valence-electron chi connectivity index (χ1n) is 6.82. The van der Waals surface area contributed by atoms with Crippen molar-refractivity contribution in [2.45, 2.75) is 38.1 Å². The van der Waals surface area contributed by atoms with Gasteiger partial charge in [-0.3, -0.25) is 0 Å². The van der Waals surface area contributed by atoms with E-state index in [2.05, 4.69) is 17.0 Å². The lowest BCUT2D eigenvalue weighted by atomic mass is 10.4. The van der Waals surface area contributed by atoms with Crippen LogP contribution in [0.4, 0.5) is 0 Å². The van der Waals surface area contributed by atoms with Crippen molar-refractivity contribution < 1.29 is 13.2 Å². The molecular weight excluding hydrogens is 296 g/mol. The van der Waals surface area contributed by atoms with Crippen molar-refractivity contribution >= 4 is 21.4 Å². The van der Waals surface area contributed by atoms with Gasteiger partial charge in [0, 0.05) is 29.5 Å². The third-order valence-corrected chi connectivity index (χ3v) is 5.51. The highest BCUT2D eigenvalue weighted by Gasteiger charge is 2.19. The Morgan fingerprint density at radius 3 is 2.75 bits per heavy atom. The zero-order chi connectivity index (χ0) is 15.0. The molecule has 5 nitrogen and oxygen atoms in total. The molecule has 0 aliphatic rings. The number of ether oxygens (including phenoxy) is 1. The van der Waals surface area contributed by atoms with Gasteiger partial charge in [0.05, 0.1) is 11.5 Å². The fourth-order valence-corrected chi connectivity index (χ4v) is 4.39. The van der Waals surface area contributed by atoms with E-state index in [0.29, 0.717) is 31.2 Å². The van der Waals surface area contributed by atoms with Gasteiger partial charge in [0.25, 0.3) is 0 Å². The standard InChI is InChI=1S/C13H24N2O3S2/c1-4-5-7-18-8-6-15-20(16,17)13-9-12(10-14-3)19-11(13)2/h9,14-15H,4-8,10H2,1-3H3. The number of sulfonamides is 1. The molecule has 20 heavy (non-hydrogen) atoms. The highest BCUT2D eigenvalue weighted by Crippen LogP contribution is 2.25.